The van der Waals surface area contributed by atoms with Crippen molar-refractivity contribution in [2.75, 3.05) is 0 Å². The Morgan fingerprint density at radius 2 is 1.52 bits per heavy atom. The average molecular weight is 308 g/mol. The summed E-state index contributed by atoms with van der Waals surface area (Å²) in [5.41, 5.74) is 1.35. The summed E-state index contributed by atoms with van der Waals surface area (Å²) >= 11 is 0. The summed E-state index contributed by atoms with van der Waals surface area (Å²) in [6.45, 7) is 1.77. The van der Waals surface area contributed by atoms with Crippen molar-refractivity contribution in [2.45, 2.75) is 17.1 Å². The normalized spacial score (nSPS) is 12.7. The predicted octanol–water partition coefficient (Wildman–Crippen LogP) is 4.07. The number of alkyl halides is 2. The number of halogens is 2. The van der Waals surface area contributed by atoms with E-state index < -0.39 is 20.0 Å². The zero-order valence-corrected chi connectivity index (χ0v) is 12.1. The standard InChI is InChI=1S/C16H14F2O2S/c1-13-7-5-6-8-14(13)11-12-16(17,18)21(19,20)15-9-3-2-4-10-15/h2-12H,1H3/b12-11+. The molecule has 0 spiro atoms. The molecule has 2 nitrogen and oxygen atoms in total. The van der Waals surface area contributed by atoms with Crippen LogP contribution in [0.25, 0.3) is 6.08 Å². The molecule has 0 heterocycles. The highest BCUT2D eigenvalue weighted by Crippen LogP contribution is 2.31. The van der Waals surface area contributed by atoms with E-state index in [0.29, 0.717) is 11.6 Å². The maximum atomic E-state index is 14.0. The molecule has 110 valence electrons. The third-order valence-corrected chi connectivity index (χ3v) is 4.80. The lowest BCUT2D eigenvalue weighted by atomic mass is 10.1. The fourth-order valence-corrected chi connectivity index (χ4v) is 2.88. The van der Waals surface area contributed by atoms with Gasteiger partial charge in [-0.05, 0) is 30.2 Å². The van der Waals surface area contributed by atoms with Crippen molar-refractivity contribution in [3.63, 3.8) is 0 Å². The van der Waals surface area contributed by atoms with Crippen LogP contribution in [0, 0.1) is 6.92 Å². The molecule has 0 amide bonds. The van der Waals surface area contributed by atoms with Gasteiger partial charge in [0.25, 0.3) is 0 Å². The van der Waals surface area contributed by atoms with Crippen molar-refractivity contribution < 1.29 is 17.2 Å². The fourth-order valence-electron chi connectivity index (χ4n) is 1.81. The van der Waals surface area contributed by atoms with Gasteiger partial charge in [0.2, 0.25) is 9.84 Å². The second kappa shape index (κ2) is 5.77. The Morgan fingerprint density at radius 1 is 0.952 bits per heavy atom. The van der Waals surface area contributed by atoms with Gasteiger partial charge >= 0.3 is 5.25 Å². The quantitative estimate of drug-likeness (QED) is 0.853. The van der Waals surface area contributed by atoms with E-state index in [9.17, 15) is 17.2 Å². The topological polar surface area (TPSA) is 34.1 Å². The van der Waals surface area contributed by atoms with Gasteiger partial charge in [-0.15, -0.1) is 0 Å². The van der Waals surface area contributed by atoms with E-state index in [1.165, 1.54) is 12.1 Å². The zero-order chi connectivity index (χ0) is 15.5. The highest BCUT2D eigenvalue weighted by Gasteiger charge is 2.43. The first-order chi connectivity index (χ1) is 9.84. The molecule has 0 fully saturated rings. The molecule has 0 aromatic heterocycles. The summed E-state index contributed by atoms with van der Waals surface area (Å²) in [7, 11) is -4.74. The molecule has 0 N–H and O–H groups in total. The van der Waals surface area contributed by atoms with Crippen LogP contribution < -0.4 is 0 Å². The lowest BCUT2D eigenvalue weighted by molar-refractivity contribution is 0.148. The molecule has 0 saturated heterocycles. The molecule has 5 heteroatoms. The molecular formula is C16H14F2O2S. The van der Waals surface area contributed by atoms with Gasteiger partial charge in [0.15, 0.2) is 0 Å². The van der Waals surface area contributed by atoms with Gasteiger partial charge < -0.3 is 0 Å². The summed E-state index contributed by atoms with van der Waals surface area (Å²) in [5, 5.41) is -3.96. The summed E-state index contributed by atoms with van der Waals surface area (Å²) in [4.78, 5) is -0.399. The first-order valence-electron chi connectivity index (χ1n) is 6.27. The van der Waals surface area contributed by atoms with Crippen LogP contribution in [0.5, 0.6) is 0 Å². The van der Waals surface area contributed by atoms with Gasteiger partial charge in [-0.2, -0.15) is 8.78 Å². The minimum absolute atomic E-state index is 0.399. The summed E-state index contributed by atoms with van der Waals surface area (Å²) in [6.07, 6.45) is 1.56. The Bertz CT molecular complexity index is 751. The largest absolute Gasteiger partial charge is 0.368 e. The molecule has 0 unspecified atom stereocenters. The van der Waals surface area contributed by atoms with Gasteiger partial charge in [-0.3, -0.25) is 0 Å². The summed E-state index contributed by atoms with van der Waals surface area (Å²) < 4.78 is 52.0. The SMILES string of the molecule is Cc1ccccc1/C=C/C(F)(F)S(=O)(=O)c1ccccc1. The molecule has 0 aliphatic rings. The Labute approximate surface area is 122 Å². The second-order valence-electron chi connectivity index (χ2n) is 4.57. The molecule has 2 rings (SSSR count). The van der Waals surface area contributed by atoms with Gasteiger partial charge in [-0.25, -0.2) is 8.42 Å². The van der Waals surface area contributed by atoms with Crippen molar-refractivity contribution in [2.24, 2.45) is 0 Å². The third-order valence-electron chi connectivity index (χ3n) is 3.06. The maximum absolute atomic E-state index is 14.0. The van der Waals surface area contributed by atoms with E-state index in [0.717, 1.165) is 23.8 Å². The monoisotopic (exact) mass is 308 g/mol. The van der Waals surface area contributed by atoms with E-state index in [2.05, 4.69) is 0 Å². The molecule has 0 radical (unpaired) electrons. The first kappa shape index (κ1) is 15.4. The van der Waals surface area contributed by atoms with Crippen LogP contribution in [0.1, 0.15) is 11.1 Å². The second-order valence-corrected chi connectivity index (χ2v) is 6.59. The van der Waals surface area contributed by atoms with Crippen LogP contribution in [-0.4, -0.2) is 13.7 Å². The third kappa shape index (κ3) is 3.19. The van der Waals surface area contributed by atoms with Crippen molar-refractivity contribution in [1.29, 1.82) is 0 Å². The number of aryl methyl sites for hydroxylation is 1. The first-order valence-corrected chi connectivity index (χ1v) is 7.75. The fraction of sp³-hybridized carbons (Fsp3) is 0.125. The Morgan fingerprint density at radius 3 is 2.14 bits per heavy atom. The smallest absolute Gasteiger partial charge is 0.217 e. The van der Waals surface area contributed by atoms with Gasteiger partial charge in [0, 0.05) is 6.08 Å². The van der Waals surface area contributed by atoms with E-state index in [4.69, 9.17) is 0 Å². The summed E-state index contributed by atoms with van der Waals surface area (Å²) in [5.74, 6) is 0. The van der Waals surface area contributed by atoms with Crippen LogP contribution in [0.2, 0.25) is 0 Å². The average Bonchev–Trinajstić information content (AvgIpc) is 2.47. The van der Waals surface area contributed by atoms with Gasteiger partial charge in [-0.1, -0.05) is 48.5 Å². The molecule has 0 aliphatic carbocycles. The Kier molecular flexibility index (Phi) is 4.23. The van der Waals surface area contributed by atoms with Crippen molar-refractivity contribution in [3.05, 3.63) is 71.8 Å². The van der Waals surface area contributed by atoms with E-state index in [1.807, 2.05) is 0 Å². The highest BCUT2D eigenvalue weighted by atomic mass is 32.2. The van der Waals surface area contributed by atoms with Crippen LogP contribution in [0.15, 0.2) is 65.6 Å². The number of hydrogen-bond acceptors (Lipinski definition) is 2. The van der Waals surface area contributed by atoms with E-state index in [-0.39, 0.29) is 0 Å². The van der Waals surface area contributed by atoms with Crippen LogP contribution in [0.4, 0.5) is 8.78 Å². The Hall–Kier alpha value is -2.01. The highest BCUT2D eigenvalue weighted by molar-refractivity contribution is 7.92. The summed E-state index contributed by atoms with van der Waals surface area (Å²) in [6, 6.07) is 13.6. The molecular weight excluding hydrogens is 294 g/mol. The van der Waals surface area contributed by atoms with Crippen molar-refractivity contribution in [1.82, 2.24) is 0 Å². The van der Waals surface area contributed by atoms with Crippen molar-refractivity contribution >= 4 is 15.9 Å². The maximum Gasteiger partial charge on any atom is 0.368 e. The number of sulfone groups is 1. The minimum atomic E-state index is -4.74. The van der Waals surface area contributed by atoms with Crippen molar-refractivity contribution in [3.8, 4) is 0 Å². The van der Waals surface area contributed by atoms with Crippen LogP contribution >= 0.6 is 0 Å². The lowest BCUT2D eigenvalue weighted by Gasteiger charge is -2.13. The molecule has 2 aromatic carbocycles. The molecule has 2 aromatic rings. The van der Waals surface area contributed by atoms with E-state index in [1.54, 1.807) is 37.3 Å². The number of rotatable bonds is 4. The number of hydrogen-bond donors (Lipinski definition) is 0. The Balaban J connectivity index is 2.37. The minimum Gasteiger partial charge on any atom is -0.217 e. The molecule has 0 atom stereocenters. The predicted molar refractivity (Wildman–Crippen MR) is 78.8 cm³/mol. The number of benzene rings is 2. The molecule has 21 heavy (non-hydrogen) atoms. The van der Waals surface area contributed by atoms with Crippen LogP contribution in [0.3, 0.4) is 0 Å². The van der Waals surface area contributed by atoms with Gasteiger partial charge in [0.05, 0.1) is 4.90 Å². The lowest BCUT2D eigenvalue weighted by Crippen LogP contribution is -2.26. The molecule has 0 bridgehead atoms. The van der Waals surface area contributed by atoms with Crippen LogP contribution in [-0.2, 0) is 9.84 Å². The zero-order valence-electron chi connectivity index (χ0n) is 11.3. The van der Waals surface area contributed by atoms with Gasteiger partial charge in [0.1, 0.15) is 0 Å². The molecule has 0 saturated carbocycles. The molecule has 0 aliphatic heterocycles. The van der Waals surface area contributed by atoms with E-state index >= 15 is 0 Å².